The molecule has 0 aliphatic heterocycles. The molecule has 0 aliphatic rings. The van der Waals surface area contributed by atoms with Crippen molar-refractivity contribution in [3.63, 3.8) is 0 Å². The molecule has 0 aromatic heterocycles. The van der Waals surface area contributed by atoms with Crippen LogP contribution in [0.5, 0.6) is 5.75 Å². The van der Waals surface area contributed by atoms with Gasteiger partial charge in [0.05, 0.1) is 15.7 Å². The van der Waals surface area contributed by atoms with Crippen molar-refractivity contribution < 1.29 is 13.9 Å². The van der Waals surface area contributed by atoms with Crippen LogP contribution in [0.3, 0.4) is 0 Å². The van der Waals surface area contributed by atoms with E-state index in [2.05, 4.69) is 0 Å². The normalized spacial score (nSPS) is 10.0. The van der Waals surface area contributed by atoms with Crippen LogP contribution in [0, 0.1) is 9.39 Å². The molecule has 76 valence electrons. The molecule has 1 rings (SSSR count). The minimum atomic E-state index is -0.414. The Balaban J connectivity index is 3.28. The predicted molar refractivity (Wildman–Crippen MR) is 60.3 cm³/mol. The van der Waals surface area contributed by atoms with E-state index in [-0.39, 0.29) is 5.78 Å². The van der Waals surface area contributed by atoms with Crippen molar-refractivity contribution in [3.8, 4) is 5.75 Å². The van der Waals surface area contributed by atoms with E-state index in [0.29, 0.717) is 21.5 Å². The second kappa shape index (κ2) is 4.72. The van der Waals surface area contributed by atoms with Crippen LogP contribution in [0.1, 0.15) is 24.2 Å². The Morgan fingerprint density at radius 1 is 1.57 bits per heavy atom. The van der Waals surface area contributed by atoms with E-state index < -0.39 is 5.82 Å². The third kappa shape index (κ3) is 2.43. The van der Waals surface area contributed by atoms with E-state index in [1.54, 1.807) is 0 Å². The molecule has 0 fully saturated rings. The summed E-state index contributed by atoms with van der Waals surface area (Å²) in [6.45, 7) is 3.68. The SMILES string of the molecule is CCOc1c(I)cc(F)cc1C(C)=O. The van der Waals surface area contributed by atoms with Gasteiger partial charge in [0.15, 0.2) is 5.78 Å². The number of carbonyl (C=O) groups excluding carboxylic acids is 1. The van der Waals surface area contributed by atoms with Crippen LogP contribution in [0.15, 0.2) is 12.1 Å². The van der Waals surface area contributed by atoms with Gasteiger partial charge in [-0.15, -0.1) is 0 Å². The molecule has 0 amide bonds. The molecule has 0 radical (unpaired) electrons. The van der Waals surface area contributed by atoms with Crippen LogP contribution < -0.4 is 4.74 Å². The Labute approximate surface area is 95.6 Å². The first-order chi connectivity index (χ1) is 6.56. The van der Waals surface area contributed by atoms with Crippen molar-refractivity contribution in [2.24, 2.45) is 0 Å². The van der Waals surface area contributed by atoms with E-state index in [0.717, 1.165) is 0 Å². The first-order valence-corrected chi connectivity index (χ1v) is 5.27. The molecule has 1 aromatic rings. The lowest BCUT2D eigenvalue weighted by Gasteiger charge is -2.10. The summed E-state index contributed by atoms with van der Waals surface area (Å²) in [5.74, 6) is -0.129. The highest BCUT2D eigenvalue weighted by Gasteiger charge is 2.13. The molecule has 2 nitrogen and oxygen atoms in total. The summed E-state index contributed by atoms with van der Waals surface area (Å²) in [5, 5.41) is 0. The fourth-order valence-corrected chi connectivity index (χ4v) is 1.86. The number of hydrogen-bond donors (Lipinski definition) is 0. The molecule has 0 bridgehead atoms. The molecule has 4 heteroatoms. The monoisotopic (exact) mass is 308 g/mol. The number of ketones is 1. The quantitative estimate of drug-likeness (QED) is 0.634. The number of rotatable bonds is 3. The zero-order valence-electron chi connectivity index (χ0n) is 7.93. The zero-order chi connectivity index (χ0) is 10.7. The van der Waals surface area contributed by atoms with Crippen LogP contribution >= 0.6 is 22.6 Å². The van der Waals surface area contributed by atoms with Crippen LogP contribution in [0.4, 0.5) is 4.39 Å². The summed E-state index contributed by atoms with van der Waals surface area (Å²) in [5.41, 5.74) is 0.302. The Morgan fingerprint density at radius 3 is 2.71 bits per heavy atom. The van der Waals surface area contributed by atoms with Crippen molar-refractivity contribution >= 4 is 28.4 Å². The number of hydrogen-bond acceptors (Lipinski definition) is 2. The highest BCUT2D eigenvalue weighted by atomic mass is 127. The van der Waals surface area contributed by atoms with Gasteiger partial charge in [-0.2, -0.15) is 0 Å². The second-order valence-corrected chi connectivity index (χ2v) is 3.92. The van der Waals surface area contributed by atoms with Crippen molar-refractivity contribution in [2.75, 3.05) is 6.61 Å². The summed E-state index contributed by atoms with van der Waals surface area (Å²) in [4.78, 5) is 11.2. The van der Waals surface area contributed by atoms with Crippen molar-refractivity contribution in [1.82, 2.24) is 0 Å². The highest BCUT2D eigenvalue weighted by molar-refractivity contribution is 14.1. The van der Waals surface area contributed by atoms with Gasteiger partial charge in [-0.25, -0.2) is 4.39 Å². The Kier molecular flexibility index (Phi) is 3.86. The smallest absolute Gasteiger partial charge is 0.163 e. The van der Waals surface area contributed by atoms with Gasteiger partial charge in [0.2, 0.25) is 0 Å². The Hall–Kier alpha value is -0.650. The summed E-state index contributed by atoms with van der Waals surface area (Å²) >= 11 is 1.95. The fourth-order valence-electron chi connectivity index (χ4n) is 1.11. The average Bonchev–Trinajstić information content (AvgIpc) is 2.09. The van der Waals surface area contributed by atoms with E-state index >= 15 is 0 Å². The maximum absolute atomic E-state index is 13.0. The van der Waals surface area contributed by atoms with Gasteiger partial charge in [-0.05, 0) is 48.6 Å². The second-order valence-electron chi connectivity index (χ2n) is 2.75. The number of halogens is 2. The number of carbonyl (C=O) groups is 1. The summed E-state index contributed by atoms with van der Waals surface area (Å²) in [6.07, 6.45) is 0. The van der Waals surface area contributed by atoms with E-state index in [4.69, 9.17) is 4.74 Å². The molecule has 0 saturated heterocycles. The standard InChI is InChI=1S/C10H10FIO2/c1-3-14-10-8(6(2)13)4-7(11)5-9(10)12/h4-5H,3H2,1-2H3. The van der Waals surface area contributed by atoms with E-state index in [1.807, 2.05) is 29.5 Å². The predicted octanol–water partition coefficient (Wildman–Crippen LogP) is 3.03. The summed E-state index contributed by atoms with van der Waals surface area (Å²) in [6, 6.07) is 2.55. The summed E-state index contributed by atoms with van der Waals surface area (Å²) < 4.78 is 18.9. The zero-order valence-corrected chi connectivity index (χ0v) is 10.1. The molecule has 0 heterocycles. The molecule has 0 saturated carbocycles. The topological polar surface area (TPSA) is 26.3 Å². The third-order valence-corrected chi connectivity index (χ3v) is 2.48. The maximum Gasteiger partial charge on any atom is 0.163 e. The van der Waals surface area contributed by atoms with Gasteiger partial charge >= 0.3 is 0 Å². The van der Waals surface area contributed by atoms with Crippen molar-refractivity contribution in [1.29, 1.82) is 0 Å². The minimum absolute atomic E-state index is 0.189. The number of benzene rings is 1. The largest absolute Gasteiger partial charge is 0.492 e. The molecule has 0 spiro atoms. The van der Waals surface area contributed by atoms with Crippen LogP contribution in [-0.4, -0.2) is 12.4 Å². The molecule has 14 heavy (non-hydrogen) atoms. The van der Waals surface area contributed by atoms with Crippen molar-refractivity contribution in [3.05, 3.63) is 27.1 Å². The van der Waals surface area contributed by atoms with Gasteiger partial charge < -0.3 is 4.74 Å². The molecule has 0 unspecified atom stereocenters. The van der Waals surface area contributed by atoms with Gasteiger partial charge in [0.25, 0.3) is 0 Å². The maximum atomic E-state index is 13.0. The fraction of sp³-hybridized carbons (Fsp3) is 0.300. The highest BCUT2D eigenvalue weighted by Crippen LogP contribution is 2.27. The third-order valence-electron chi connectivity index (χ3n) is 1.68. The Bertz CT molecular complexity index is 363. The molecule has 0 atom stereocenters. The van der Waals surface area contributed by atoms with E-state index in [9.17, 15) is 9.18 Å². The first-order valence-electron chi connectivity index (χ1n) is 4.19. The lowest BCUT2D eigenvalue weighted by atomic mass is 10.1. The van der Waals surface area contributed by atoms with E-state index in [1.165, 1.54) is 19.1 Å². The minimum Gasteiger partial charge on any atom is -0.492 e. The van der Waals surface area contributed by atoms with Crippen LogP contribution in [0.25, 0.3) is 0 Å². The van der Waals surface area contributed by atoms with Gasteiger partial charge in [0.1, 0.15) is 11.6 Å². The summed E-state index contributed by atoms with van der Waals surface area (Å²) in [7, 11) is 0. The molecule has 0 aliphatic carbocycles. The van der Waals surface area contributed by atoms with Gasteiger partial charge in [-0.3, -0.25) is 4.79 Å². The number of Topliss-reactive ketones (excluding diaryl/α,β-unsaturated/α-hetero) is 1. The average molecular weight is 308 g/mol. The van der Waals surface area contributed by atoms with Gasteiger partial charge in [-0.1, -0.05) is 0 Å². The Morgan fingerprint density at radius 2 is 2.21 bits per heavy atom. The molecule has 1 aromatic carbocycles. The van der Waals surface area contributed by atoms with Crippen LogP contribution in [0.2, 0.25) is 0 Å². The molecule has 0 N–H and O–H groups in total. The lowest BCUT2D eigenvalue weighted by molar-refractivity contribution is 0.101. The molecular weight excluding hydrogens is 298 g/mol. The van der Waals surface area contributed by atoms with Gasteiger partial charge in [0, 0.05) is 0 Å². The van der Waals surface area contributed by atoms with Crippen molar-refractivity contribution in [2.45, 2.75) is 13.8 Å². The first kappa shape index (κ1) is 11.4. The van der Waals surface area contributed by atoms with Crippen LogP contribution in [-0.2, 0) is 0 Å². The molecular formula is C10H10FIO2. The lowest BCUT2D eigenvalue weighted by Crippen LogP contribution is -2.03. The number of ether oxygens (including phenoxy) is 1.